The van der Waals surface area contributed by atoms with E-state index in [1.165, 1.54) is 122 Å². The molecule has 0 saturated carbocycles. The van der Waals surface area contributed by atoms with Gasteiger partial charge in [0.25, 0.3) is 0 Å². The highest BCUT2D eigenvalue weighted by Crippen LogP contribution is 2.40. The van der Waals surface area contributed by atoms with Crippen molar-refractivity contribution in [3.63, 3.8) is 0 Å². The maximum absolute atomic E-state index is 2.42. The molecule has 4 nitrogen and oxygen atoms in total. The minimum Gasteiger partial charge on any atom is -0.344 e. The molecule has 0 aliphatic heterocycles. The second kappa shape index (κ2) is 34.4. The number of hydrogen-bond donors (Lipinski definition) is 0. The maximum atomic E-state index is 2.42. The van der Waals surface area contributed by atoms with Gasteiger partial charge in [-0.15, -0.1) is 0 Å². The monoisotopic (exact) mass is 1070 g/mol. The lowest BCUT2D eigenvalue weighted by Gasteiger charge is -2.11. The van der Waals surface area contributed by atoms with E-state index >= 15 is 0 Å². The first kappa shape index (κ1) is 67.6. The molecule has 10 aromatic rings. The Balaban J connectivity index is 0.000000337. The van der Waals surface area contributed by atoms with Gasteiger partial charge in [0, 0.05) is 70.8 Å². The Morgan fingerprint density at radius 3 is 1.01 bits per heavy atom. The smallest absolute Gasteiger partial charge is 0.0488 e. The Labute approximate surface area is 487 Å². The topological polar surface area (TPSA) is 16.3 Å². The quantitative estimate of drug-likeness (QED) is 0.151. The highest BCUT2D eigenvalue weighted by molar-refractivity contribution is 6.09. The SMILES string of the molecule is CC.CC.CC.CC.CC.CC.CC.CC.CN(C)Cc1ccc2c(c1)-c1ccc(Cc3ccc4c(c3)c3ccccc3n4C)cc1C2.CN(C)Cc1ccc2c(c1)Cc1ccc(Cc3ccc4c(c3)c3ccccc3n4C)cc1-2. The van der Waals surface area contributed by atoms with E-state index in [0.29, 0.717) is 0 Å². The number of aryl methyl sites for hydroxylation is 2. The van der Waals surface area contributed by atoms with Crippen molar-refractivity contribution in [3.8, 4) is 22.3 Å². The van der Waals surface area contributed by atoms with Crippen LogP contribution in [0.25, 0.3) is 65.9 Å². The molecule has 0 unspecified atom stereocenters. The summed E-state index contributed by atoms with van der Waals surface area (Å²) >= 11 is 0. The summed E-state index contributed by atoms with van der Waals surface area (Å²) < 4.78 is 4.59. The third kappa shape index (κ3) is 15.8. The molecule has 0 spiro atoms. The number of nitrogens with zero attached hydrogens (tertiary/aromatic N) is 4. The average Bonchev–Trinajstić information content (AvgIpc) is 4.38. The summed E-state index contributed by atoms with van der Waals surface area (Å²) in [4.78, 5) is 4.46. The standard InChI is InChI=1S/2C30H28N2.8C2H6/c1-31(2)19-22-8-11-23-18-24-15-20(9-12-25(24)27(23)17-22)14-21-10-13-30-28(16-21)26-6-4-5-7-29(26)32(30)3;1-31(2)19-22-9-12-25-24(15-22)18-23-11-8-20(16-27(23)25)14-21-10-13-30-28(17-21)26-6-4-5-7-29(26)32(30)3;8*1-2/h2*4-13,15-17H,14,18-19H2,1-3H3;8*1-2H3. The molecular weight excluding hydrogens is 969 g/mol. The average molecular weight is 1070 g/mol. The third-order valence-corrected chi connectivity index (χ3v) is 13.8. The minimum atomic E-state index is 0.959. The summed E-state index contributed by atoms with van der Waals surface area (Å²) in [6, 6.07) is 59.4. The van der Waals surface area contributed by atoms with Crippen molar-refractivity contribution < 1.29 is 0 Å². The van der Waals surface area contributed by atoms with Gasteiger partial charge in [-0.05, 0) is 174 Å². The van der Waals surface area contributed by atoms with Crippen molar-refractivity contribution >= 4 is 43.6 Å². The van der Waals surface area contributed by atoms with E-state index in [1.807, 2.05) is 111 Å². The van der Waals surface area contributed by atoms with Crippen molar-refractivity contribution in [1.82, 2.24) is 18.9 Å². The van der Waals surface area contributed by atoms with Crippen LogP contribution in [0, 0.1) is 0 Å². The fourth-order valence-corrected chi connectivity index (χ4v) is 10.8. The molecule has 8 aromatic carbocycles. The van der Waals surface area contributed by atoms with Crippen molar-refractivity contribution in [2.75, 3.05) is 28.2 Å². The minimum absolute atomic E-state index is 0.959. The van der Waals surface area contributed by atoms with E-state index in [1.54, 1.807) is 0 Å². The molecule has 428 valence electrons. The second-order valence-corrected chi connectivity index (χ2v) is 19.0. The van der Waals surface area contributed by atoms with Crippen molar-refractivity contribution in [2.45, 2.75) is 150 Å². The van der Waals surface area contributed by atoms with Gasteiger partial charge in [0.15, 0.2) is 0 Å². The summed E-state index contributed by atoms with van der Waals surface area (Å²) in [5.41, 5.74) is 25.0. The van der Waals surface area contributed by atoms with Gasteiger partial charge in [0.2, 0.25) is 0 Å². The summed E-state index contributed by atoms with van der Waals surface area (Å²) in [5, 5.41) is 5.37. The summed E-state index contributed by atoms with van der Waals surface area (Å²) in [6.07, 6.45) is 4.02. The lowest BCUT2D eigenvalue weighted by molar-refractivity contribution is 0.402. The van der Waals surface area contributed by atoms with E-state index in [0.717, 1.165) is 38.8 Å². The van der Waals surface area contributed by atoms with Crippen LogP contribution < -0.4 is 0 Å². The second-order valence-electron chi connectivity index (χ2n) is 19.0. The Morgan fingerprint density at radius 1 is 0.287 bits per heavy atom. The van der Waals surface area contributed by atoms with Gasteiger partial charge < -0.3 is 18.9 Å². The molecule has 4 heteroatoms. The zero-order valence-electron chi connectivity index (χ0n) is 54.0. The molecule has 0 fully saturated rings. The van der Waals surface area contributed by atoms with Crippen LogP contribution in [0.1, 0.15) is 166 Å². The first-order valence-electron chi connectivity index (χ1n) is 30.8. The Bertz CT molecular complexity index is 3430. The number of hydrogen-bond acceptors (Lipinski definition) is 2. The number of benzene rings is 8. The van der Waals surface area contributed by atoms with Crippen molar-refractivity contribution in [3.05, 3.63) is 213 Å². The number of aromatic nitrogens is 2. The van der Waals surface area contributed by atoms with E-state index < -0.39 is 0 Å². The van der Waals surface area contributed by atoms with E-state index in [2.05, 4.69) is 219 Å². The molecule has 2 aliphatic carbocycles. The van der Waals surface area contributed by atoms with E-state index in [9.17, 15) is 0 Å². The number of fused-ring (bicyclic) bond motifs is 12. The molecular formula is C76H104N4. The van der Waals surface area contributed by atoms with E-state index in [4.69, 9.17) is 0 Å². The summed E-state index contributed by atoms with van der Waals surface area (Å²) in [5.74, 6) is 0. The molecule has 0 bridgehead atoms. The zero-order valence-corrected chi connectivity index (χ0v) is 54.0. The van der Waals surface area contributed by atoms with Crippen LogP contribution in [-0.2, 0) is 52.9 Å². The van der Waals surface area contributed by atoms with Crippen LogP contribution in [0.3, 0.4) is 0 Å². The molecule has 0 saturated heterocycles. The van der Waals surface area contributed by atoms with Crippen LogP contribution >= 0.6 is 0 Å². The summed E-state index contributed by atoms with van der Waals surface area (Å²) in [6.45, 7) is 34.0. The number of para-hydroxylation sites is 2. The zero-order chi connectivity index (χ0) is 59.6. The normalized spacial score (nSPS) is 10.7. The van der Waals surface area contributed by atoms with Crippen LogP contribution in [-0.4, -0.2) is 47.1 Å². The Hall–Kier alpha value is -6.72. The molecule has 2 heterocycles. The van der Waals surface area contributed by atoms with Crippen LogP contribution in [0.4, 0.5) is 0 Å². The van der Waals surface area contributed by atoms with Crippen LogP contribution in [0.15, 0.2) is 158 Å². The lowest BCUT2D eigenvalue weighted by Crippen LogP contribution is -2.10. The van der Waals surface area contributed by atoms with Gasteiger partial charge in [-0.1, -0.05) is 226 Å². The molecule has 0 amide bonds. The van der Waals surface area contributed by atoms with Crippen LogP contribution in [0.2, 0.25) is 0 Å². The first-order chi connectivity index (χ1) is 39.1. The van der Waals surface area contributed by atoms with E-state index in [-0.39, 0.29) is 0 Å². The molecule has 2 aromatic heterocycles. The summed E-state index contributed by atoms with van der Waals surface area (Å²) in [7, 11) is 12.8. The highest BCUT2D eigenvalue weighted by atomic mass is 15.1. The van der Waals surface area contributed by atoms with Gasteiger partial charge in [-0.2, -0.15) is 0 Å². The first-order valence-corrected chi connectivity index (χ1v) is 30.8. The predicted octanol–water partition coefficient (Wildman–Crippen LogP) is 21.3. The number of rotatable bonds is 8. The van der Waals surface area contributed by atoms with Crippen LogP contribution in [0.5, 0.6) is 0 Å². The van der Waals surface area contributed by atoms with Crippen molar-refractivity contribution in [1.29, 1.82) is 0 Å². The molecule has 12 rings (SSSR count). The fraction of sp³-hybridized carbons (Fsp3) is 0.368. The van der Waals surface area contributed by atoms with Gasteiger partial charge in [0.1, 0.15) is 0 Å². The molecule has 0 N–H and O–H groups in total. The van der Waals surface area contributed by atoms with Gasteiger partial charge in [0.05, 0.1) is 0 Å². The van der Waals surface area contributed by atoms with Crippen molar-refractivity contribution in [2.24, 2.45) is 14.1 Å². The highest BCUT2D eigenvalue weighted by Gasteiger charge is 2.21. The molecule has 80 heavy (non-hydrogen) atoms. The Morgan fingerprint density at radius 2 is 0.588 bits per heavy atom. The van der Waals surface area contributed by atoms with Gasteiger partial charge in [-0.3, -0.25) is 0 Å². The maximum Gasteiger partial charge on any atom is 0.0488 e. The fourth-order valence-electron chi connectivity index (χ4n) is 10.8. The molecule has 2 aliphatic rings. The Kier molecular flexibility index (Phi) is 29.1. The molecule has 0 atom stereocenters. The van der Waals surface area contributed by atoms with Gasteiger partial charge >= 0.3 is 0 Å². The van der Waals surface area contributed by atoms with Gasteiger partial charge in [-0.25, -0.2) is 0 Å². The predicted molar refractivity (Wildman–Crippen MR) is 361 cm³/mol. The lowest BCUT2D eigenvalue weighted by atomic mass is 9.97. The molecule has 0 radical (unpaired) electrons. The third-order valence-electron chi connectivity index (χ3n) is 13.8. The largest absolute Gasteiger partial charge is 0.344 e.